The zero-order valence-electron chi connectivity index (χ0n) is 25.9. The number of aromatic amines is 2. The summed E-state index contributed by atoms with van der Waals surface area (Å²) in [7, 11) is 0. The lowest BCUT2D eigenvalue weighted by molar-refractivity contribution is -0.803. The van der Waals surface area contributed by atoms with Crippen LogP contribution in [0.4, 0.5) is 20.2 Å². The third-order valence-electron chi connectivity index (χ3n) is 7.62. The molecule has 0 bridgehead atoms. The number of halogens is 2. The summed E-state index contributed by atoms with van der Waals surface area (Å²) in [6, 6.07) is 26.7. The Labute approximate surface area is 274 Å². The molecule has 4 aromatic carbocycles. The Hall–Kier alpha value is -6.18. The lowest BCUT2D eigenvalue weighted by Crippen LogP contribution is -2.42. The standard InChI is InChI=1S/C34H30F2N10O2/c1-2-31(47)45(22-26-9-3-4-15-30(26)36)29-14-7-11-25(20-29)34-39-43-46(40-34)17-16-32(48)44(21-23-8-5-12-27(35)18-23)28-13-6-10-24(19-28)33-37-41-42-38-33/h3-15,18-20H,2,16-17,21-22H2,1H3,(H,37,38,41,42)/p+1. The predicted octanol–water partition coefficient (Wildman–Crippen LogP) is 4.78. The van der Waals surface area contributed by atoms with E-state index in [-0.39, 0.29) is 50.1 Å². The minimum atomic E-state index is -0.399. The Morgan fingerprint density at radius 3 is 2.17 bits per heavy atom. The van der Waals surface area contributed by atoms with Gasteiger partial charge >= 0.3 is 5.82 Å². The Morgan fingerprint density at radius 1 is 0.771 bits per heavy atom. The molecule has 0 saturated heterocycles. The van der Waals surface area contributed by atoms with Gasteiger partial charge in [-0.05, 0) is 69.6 Å². The molecular weight excluding hydrogens is 618 g/mol. The van der Waals surface area contributed by atoms with E-state index in [4.69, 9.17) is 0 Å². The number of amides is 2. The first-order valence-electron chi connectivity index (χ1n) is 15.2. The molecule has 0 unspecified atom stereocenters. The number of nitrogens with one attached hydrogen (secondary N) is 2. The van der Waals surface area contributed by atoms with Gasteiger partial charge in [0.2, 0.25) is 17.6 Å². The maximum Gasteiger partial charge on any atom is 0.338 e. The zero-order valence-corrected chi connectivity index (χ0v) is 25.9. The minimum absolute atomic E-state index is 0.0442. The smallest absolute Gasteiger partial charge is 0.308 e. The number of aromatic nitrogens is 8. The normalized spacial score (nSPS) is 11.0. The van der Waals surface area contributed by atoms with Gasteiger partial charge in [-0.15, -0.1) is 10.2 Å². The van der Waals surface area contributed by atoms with Crippen LogP contribution >= 0.6 is 0 Å². The van der Waals surface area contributed by atoms with E-state index in [1.165, 1.54) is 27.9 Å². The summed E-state index contributed by atoms with van der Waals surface area (Å²) >= 11 is 0. The largest absolute Gasteiger partial charge is 0.338 e. The molecule has 6 aromatic rings. The third kappa shape index (κ3) is 7.44. The van der Waals surface area contributed by atoms with Crippen LogP contribution in [0.15, 0.2) is 97.1 Å². The maximum atomic E-state index is 14.4. The molecule has 2 amide bonds. The van der Waals surface area contributed by atoms with E-state index in [0.717, 1.165) is 0 Å². The van der Waals surface area contributed by atoms with Gasteiger partial charge < -0.3 is 9.80 Å². The molecule has 0 aliphatic rings. The molecule has 12 nitrogen and oxygen atoms in total. The van der Waals surface area contributed by atoms with Gasteiger partial charge in [-0.1, -0.05) is 60.3 Å². The van der Waals surface area contributed by atoms with Crippen molar-refractivity contribution < 1.29 is 23.2 Å². The molecule has 14 heteroatoms. The zero-order chi connectivity index (χ0) is 33.5. The SMILES string of the molecule is CCC(=O)N(Cc1ccccc1F)c1cccc(-c2n[nH][n+](CCC(=O)N(Cc3cccc(F)c3)c3cccc(-c4nn[nH]n4)c3)n2)c1. The van der Waals surface area contributed by atoms with Crippen molar-refractivity contribution >= 4 is 23.2 Å². The maximum absolute atomic E-state index is 14.4. The van der Waals surface area contributed by atoms with Crippen LogP contribution in [0, 0.1) is 11.6 Å². The number of hydrogen-bond acceptors (Lipinski definition) is 7. The second kappa shape index (κ2) is 14.5. The highest BCUT2D eigenvalue weighted by molar-refractivity contribution is 5.94. The van der Waals surface area contributed by atoms with E-state index in [9.17, 15) is 18.4 Å². The average Bonchev–Trinajstić information content (AvgIpc) is 3.83. The number of nitrogens with zero attached hydrogens (tertiary/aromatic N) is 8. The summed E-state index contributed by atoms with van der Waals surface area (Å²) in [5.41, 5.74) is 3.45. The first-order valence-corrected chi connectivity index (χ1v) is 15.2. The molecule has 2 heterocycles. The fourth-order valence-corrected chi connectivity index (χ4v) is 5.19. The monoisotopic (exact) mass is 649 g/mol. The van der Waals surface area contributed by atoms with Crippen LogP contribution in [-0.2, 0) is 29.2 Å². The van der Waals surface area contributed by atoms with Crippen molar-refractivity contribution in [2.24, 2.45) is 0 Å². The van der Waals surface area contributed by atoms with E-state index in [0.29, 0.717) is 45.3 Å². The van der Waals surface area contributed by atoms with Crippen LogP contribution in [0.1, 0.15) is 30.9 Å². The van der Waals surface area contributed by atoms with Crippen molar-refractivity contribution in [2.75, 3.05) is 9.80 Å². The molecular formula is C34H31F2N10O2+. The fourth-order valence-electron chi connectivity index (χ4n) is 5.19. The predicted molar refractivity (Wildman–Crippen MR) is 172 cm³/mol. The average molecular weight is 650 g/mol. The highest BCUT2D eigenvalue weighted by atomic mass is 19.1. The van der Waals surface area contributed by atoms with Gasteiger partial charge in [-0.3, -0.25) is 9.59 Å². The first-order chi connectivity index (χ1) is 23.4. The van der Waals surface area contributed by atoms with Crippen LogP contribution in [0.2, 0.25) is 0 Å². The second-order valence-corrected chi connectivity index (χ2v) is 10.9. The molecule has 0 radical (unpaired) electrons. The topological polar surface area (TPSA) is 141 Å². The second-order valence-electron chi connectivity index (χ2n) is 10.9. The molecule has 0 atom stereocenters. The van der Waals surface area contributed by atoms with Crippen molar-refractivity contribution in [1.29, 1.82) is 0 Å². The highest BCUT2D eigenvalue weighted by Crippen LogP contribution is 2.26. The molecule has 0 spiro atoms. The van der Waals surface area contributed by atoms with Crippen molar-refractivity contribution in [3.63, 3.8) is 0 Å². The van der Waals surface area contributed by atoms with Gasteiger partial charge in [0.25, 0.3) is 0 Å². The number of carbonyl (C=O) groups is 2. The Bertz CT molecular complexity index is 2030. The van der Waals surface area contributed by atoms with E-state index in [1.54, 1.807) is 90.7 Å². The van der Waals surface area contributed by atoms with E-state index >= 15 is 0 Å². The Kier molecular flexibility index (Phi) is 9.60. The highest BCUT2D eigenvalue weighted by Gasteiger charge is 2.22. The lowest BCUT2D eigenvalue weighted by atomic mass is 10.1. The van der Waals surface area contributed by atoms with Crippen molar-refractivity contribution in [1.82, 2.24) is 36.0 Å². The summed E-state index contributed by atoms with van der Waals surface area (Å²) in [5.74, 6) is -0.463. The summed E-state index contributed by atoms with van der Waals surface area (Å²) in [5, 5.41) is 25.8. The molecule has 2 N–H and O–H groups in total. The number of anilines is 2. The van der Waals surface area contributed by atoms with Gasteiger partial charge in [0.1, 0.15) is 18.2 Å². The molecule has 242 valence electrons. The Balaban J connectivity index is 1.20. The summed E-state index contributed by atoms with van der Waals surface area (Å²) in [6.07, 6.45) is 0.285. The third-order valence-corrected chi connectivity index (χ3v) is 7.62. The molecule has 0 saturated carbocycles. The number of hydrogen-bond donors (Lipinski definition) is 2. The minimum Gasteiger partial charge on any atom is -0.308 e. The summed E-state index contributed by atoms with van der Waals surface area (Å²) in [6.45, 7) is 2.13. The van der Waals surface area contributed by atoms with E-state index < -0.39 is 5.82 Å². The van der Waals surface area contributed by atoms with Crippen LogP contribution in [0.3, 0.4) is 0 Å². The van der Waals surface area contributed by atoms with Gasteiger partial charge in [0.15, 0.2) is 0 Å². The molecule has 0 aliphatic carbocycles. The molecule has 0 aliphatic heterocycles. The molecule has 48 heavy (non-hydrogen) atoms. The first kappa shape index (κ1) is 31.8. The van der Waals surface area contributed by atoms with Crippen LogP contribution in [-0.4, -0.2) is 47.8 Å². The van der Waals surface area contributed by atoms with Crippen molar-refractivity contribution in [3.05, 3.63) is 120 Å². The van der Waals surface area contributed by atoms with E-state index in [2.05, 4.69) is 36.0 Å². The quantitative estimate of drug-likeness (QED) is 0.182. The van der Waals surface area contributed by atoms with Crippen molar-refractivity contribution in [2.45, 2.75) is 39.4 Å². The number of carbonyl (C=O) groups excluding carboxylic acids is 2. The van der Waals surface area contributed by atoms with Gasteiger partial charge in [0.05, 0.1) is 30.2 Å². The number of rotatable bonds is 12. The number of aryl methyl sites for hydroxylation is 1. The number of tetrazole rings is 2. The van der Waals surface area contributed by atoms with Crippen molar-refractivity contribution in [3.8, 4) is 22.8 Å². The molecule has 6 rings (SSSR count). The van der Waals surface area contributed by atoms with E-state index in [1.807, 2.05) is 0 Å². The lowest BCUT2D eigenvalue weighted by Gasteiger charge is -2.23. The van der Waals surface area contributed by atoms with Crippen LogP contribution in [0.25, 0.3) is 22.8 Å². The molecule has 0 fully saturated rings. The number of benzene rings is 4. The van der Waals surface area contributed by atoms with Crippen LogP contribution < -0.4 is 14.6 Å². The van der Waals surface area contributed by atoms with Crippen LogP contribution in [0.5, 0.6) is 0 Å². The number of H-pyrrole nitrogens is 2. The summed E-state index contributed by atoms with van der Waals surface area (Å²) in [4.78, 5) is 31.1. The molecule has 2 aromatic heterocycles. The van der Waals surface area contributed by atoms with Gasteiger partial charge in [-0.2, -0.15) is 5.21 Å². The summed E-state index contributed by atoms with van der Waals surface area (Å²) < 4.78 is 28.5. The van der Waals surface area contributed by atoms with Gasteiger partial charge in [0, 0.05) is 28.9 Å². The fraction of sp³-hybridized carbons (Fsp3) is 0.176. The van der Waals surface area contributed by atoms with Gasteiger partial charge in [-0.25, -0.2) is 8.78 Å². The Morgan fingerprint density at radius 2 is 1.48 bits per heavy atom.